The zero-order valence-corrected chi connectivity index (χ0v) is 11.3. The van der Waals surface area contributed by atoms with Crippen LogP contribution in [0.15, 0.2) is 4.47 Å². The first kappa shape index (κ1) is 10.4. The van der Waals surface area contributed by atoms with Crippen molar-refractivity contribution in [1.29, 1.82) is 0 Å². The van der Waals surface area contributed by atoms with Crippen LogP contribution in [0, 0.1) is 10.5 Å². The fourth-order valence-electron chi connectivity index (χ4n) is 1.35. The van der Waals surface area contributed by atoms with Crippen molar-refractivity contribution in [3.63, 3.8) is 0 Å². The van der Waals surface area contributed by atoms with Crippen molar-refractivity contribution in [3.8, 4) is 11.5 Å². The molecule has 0 fully saturated rings. The Morgan fingerprint density at radius 2 is 1.86 bits per heavy atom. The molecule has 3 nitrogen and oxygen atoms in total. The summed E-state index contributed by atoms with van der Waals surface area (Å²) >= 11 is 5.68. The van der Waals surface area contributed by atoms with Gasteiger partial charge in [-0.25, -0.2) is 0 Å². The van der Waals surface area contributed by atoms with Crippen molar-refractivity contribution < 1.29 is 9.47 Å². The van der Waals surface area contributed by atoms with Crippen molar-refractivity contribution in [3.05, 3.63) is 13.6 Å². The number of fused-ring (bicyclic) bond motifs is 1. The highest BCUT2D eigenvalue weighted by atomic mass is 127. The molecule has 1 aliphatic heterocycles. The summed E-state index contributed by atoms with van der Waals surface area (Å²) in [5.74, 6) is 1.44. The molecular weight excluding hydrogens is 361 g/mol. The van der Waals surface area contributed by atoms with Crippen LogP contribution in [-0.2, 0) is 0 Å². The molecule has 76 valence electrons. The number of hydrogen-bond acceptors (Lipinski definition) is 3. The highest BCUT2D eigenvalue weighted by Crippen LogP contribution is 2.46. The summed E-state index contributed by atoms with van der Waals surface area (Å²) in [5.41, 5.74) is 7.63. The van der Waals surface area contributed by atoms with Crippen molar-refractivity contribution in [2.75, 3.05) is 18.9 Å². The number of rotatable bonds is 0. The SMILES string of the molecule is Cc1c(Br)c(N)c2c(c1I)OCCO2. The van der Waals surface area contributed by atoms with Gasteiger partial charge in [0.15, 0.2) is 11.5 Å². The molecule has 0 radical (unpaired) electrons. The van der Waals surface area contributed by atoms with Gasteiger partial charge in [-0.3, -0.25) is 0 Å². The van der Waals surface area contributed by atoms with Gasteiger partial charge in [0, 0.05) is 4.47 Å². The lowest BCUT2D eigenvalue weighted by atomic mass is 10.2. The van der Waals surface area contributed by atoms with E-state index >= 15 is 0 Å². The number of nitrogen functional groups attached to an aromatic ring is 1. The highest BCUT2D eigenvalue weighted by molar-refractivity contribution is 14.1. The second-order valence-corrected chi connectivity index (χ2v) is 4.89. The molecule has 0 atom stereocenters. The largest absolute Gasteiger partial charge is 0.485 e. The van der Waals surface area contributed by atoms with E-state index in [0.717, 1.165) is 19.4 Å². The Bertz CT molecular complexity index is 358. The predicted molar refractivity (Wildman–Crippen MR) is 67.0 cm³/mol. The lowest BCUT2D eigenvalue weighted by molar-refractivity contribution is 0.171. The number of halogens is 2. The van der Waals surface area contributed by atoms with E-state index in [0.29, 0.717) is 24.7 Å². The summed E-state index contributed by atoms with van der Waals surface area (Å²) in [4.78, 5) is 0. The molecule has 1 aromatic carbocycles. The number of anilines is 1. The van der Waals surface area contributed by atoms with E-state index in [1.807, 2.05) is 6.92 Å². The van der Waals surface area contributed by atoms with Gasteiger partial charge in [-0.15, -0.1) is 0 Å². The Labute approximate surface area is 104 Å². The molecule has 0 aliphatic carbocycles. The summed E-state index contributed by atoms with van der Waals surface area (Å²) in [7, 11) is 0. The summed E-state index contributed by atoms with van der Waals surface area (Å²) < 4.78 is 13.0. The smallest absolute Gasteiger partial charge is 0.186 e. The van der Waals surface area contributed by atoms with E-state index in [-0.39, 0.29) is 0 Å². The number of benzene rings is 1. The summed E-state index contributed by atoms with van der Waals surface area (Å²) in [5, 5.41) is 0. The Morgan fingerprint density at radius 1 is 1.29 bits per heavy atom. The summed E-state index contributed by atoms with van der Waals surface area (Å²) in [6, 6.07) is 0. The topological polar surface area (TPSA) is 44.5 Å². The Hall–Kier alpha value is -0.170. The van der Waals surface area contributed by atoms with Crippen LogP contribution in [0.4, 0.5) is 5.69 Å². The minimum atomic E-state index is 0.558. The Morgan fingerprint density at radius 3 is 2.50 bits per heavy atom. The molecule has 1 heterocycles. The van der Waals surface area contributed by atoms with E-state index in [2.05, 4.69) is 38.5 Å². The standard InChI is InChI=1S/C9H9BrINO2/c1-4-5(10)7(12)9-8(6(4)11)13-2-3-14-9/h2-3,12H2,1H3. The van der Waals surface area contributed by atoms with Gasteiger partial charge >= 0.3 is 0 Å². The molecule has 0 unspecified atom stereocenters. The zero-order valence-electron chi connectivity index (χ0n) is 7.56. The van der Waals surface area contributed by atoms with Crippen molar-refractivity contribution >= 4 is 44.2 Å². The molecule has 2 rings (SSSR count). The van der Waals surface area contributed by atoms with Crippen molar-refractivity contribution in [2.24, 2.45) is 0 Å². The number of ether oxygens (including phenoxy) is 2. The van der Waals surface area contributed by atoms with Crippen molar-refractivity contribution in [1.82, 2.24) is 0 Å². The van der Waals surface area contributed by atoms with Crippen LogP contribution in [-0.4, -0.2) is 13.2 Å². The van der Waals surface area contributed by atoms with Gasteiger partial charge < -0.3 is 15.2 Å². The van der Waals surface area contributed by atoms with Gasteiger partial charge in [-0.05, 0) is 51.0 Å². The predicted octanol–water partition coefficient (Wildman–Crippen LogP) is 2.72. The molecule has 0 aromatic heterocycles. The van der Waals surface area contributed by atoms with Gasteiger partial charge in [0.05, 0.1) is 9.26 Å². The normalized spacial score (nSPS) is 14.2. The number of hydrogen-bond donors (Lipinski definition) is 1. The minimum absolute atomic E-state index is 0.558. The summed E-state index contributed by atoms with van der Waals surface area (Å²) in [6.45, 7) is 3.15. The molecule has 5 heteroatoms. The fraction of sp³-hybridized carbons (Fsp3) is 0.333. The van der Waals surface area contributed by atoms with Gasteiger partial charge in [0.1, 0.15) is 13.2 Å². The molecule has 14 heavy (non-hydrogen) atoms. The maximum Gasteiger partial charge on any atom is 0.186 e. The van der Waals surface area contributed by atoms with Crippen molar-refractivity contribution in [2.45, 2.75) is 6.92 Å². The second kappa shape index (κ2) is 3.77. The van der Waals surface area contributed by atoms with Crippen LogP contribution >= 0.6 is 38.5 Å². The van der Waals surface area contributed by atoms with E-state index in [1.54, 1.807) is 0 Å². The summed E-state index contributed by atoms with van der Waals surface area (Å²) in [6.07, 6.45) is 0. The molecule has 0 saturated heterocycles. The maximum absolute atomic E-state index is 5.92. The molecule has 0 spiro atoms. The lowest BCUT2D eigenvalue weighted by Gasteiger charge is -2.23. The van der Waals surface area contributed by atoms with E-state index < -0.39 is 0 Å². The van der Waals surface area contributed by atoms with Crippen LogP contribution < -0.4 is 15.2 Å². The molecule has 0 bridgehead atoms. The zero-order chi connectivity index (χ0) is 10.3. The van der Waals surface area contributed by atoms with Crippen LogP contribution in [0.2, 0.25) is 0 Å². The second-order valence-electron chi connectivity index (χ2n) is 3.02. The van der Waals surface area contributed by atoms with E-state index in [9.17, 15) is 0 Å². The molecular formula is C9H9BrINO2. The monoisotopic (exact) mass is 369 g/mol. The number of nitrogens with two attached hydrogens (primary N) is 1. The first-order valence-corrected chi connectivity index (χ1v) is 6.02. The molecule has 0 saturated carbocycles. The van der Waals surface area contributed by atoms with E-state index in [1.165, 1.54) is 0 Å². The van der Waals surface area contributed by atoms with Crippen LogP contribution in [0.5, 0.6) is 11.5 Å². The lowest BCUT2D eigenvalue weighted by Crippen LogP contribution is -2.18. The van der Waals surface area contributed by atoms with E-state index in [4.69, 9.17) is 15.2 Å². The first-order chi connectivity index (χ1) is 6.63. The van der Waals surface area contributed by atoms with Gasteiger partial charge in [0.2, 0.25) is 0 Å². The molecule has 1 aromatic rings. The highest BCUT2D eigenvalue weighted by Gasteiger charge is 2.22. The van der Waals surface area contributed by atoms with Crippen LogP contribution in [0.1, 0.15) is 5.56 Å². The third kappa shape index (κ3) is 1.46. The van der Waals surface area contributed by atoms with Gasteiger partial charge in [-0.2, -0.15) is 0 Å². The van der Waals surface area contributed by atoms with Crippen LogP contribution in [0.3, 0.4) is 0 Å². The fourth-order valence-corrected chi connectivity index (χ4v) is 2.77. The third-order valence-corrected chi connectivity index (χ3v) is 4.44. The molecule has 1 aliphatic rings. The first-order valence-electron chi connectivity index (χ1n) is 4.15. The van der Waals surface area contributed by atoms with Gasteiger partial charge in [-0.1, -0.05) is 0 Å². The maximum atomic E-state index is 5.92. The molecule has 0 amide bonds. The van der Waals surface area contributed by atoms with Crippen LogP contribution in [0.25, 0.3) is 0 Å². The quantitative estimate of drug-likeness (QED) is 0.565. The Kier molecular flexibility index (Phi) is 2.79. The molecule has 2 N–H and O–H groups in total. The average molecular weight is 370 g/mol. The average Bonchev–Trinajstić information content (AvgIpc) is 2.23. The van der Waals surface area contributed by atoms with Gasteiger partial charge in [0.25, 0.3) is 0 Å². The third-order valence-electron chi connectivity index (χ3n) is 2.12. The minimum Gasteiger partial charge on any atom is -0.485 e. The Balaban J connectivity index is 2.71.